The summed E-state index contributed by atoms with van der Waals surface area (Å²) in [7, 11) is 0. The molecule has 192 valence electrons. The minimum absolute atomic E-state index is 0.00951. The van der Waals surface area contributed by atoms with Crippen molar-refractivity contribution >= 4 is 34.5 Å². The lowest BCUT2D eigenvalue weighted by atomic mass is 9.82. The smallest absolute Gasteiger partial charge is 0.341 e. The molecule has 9 heteroatoms. The topological polar surface area (TPSA) is 127 Å². The molecule has 1 saturated carbocycles. The van der Waals surface area contributed by atoms with Crippen LogP contribution in [0.15, 0.2) is 53.1 Å². The summed E-state index contributed by atoms with van der Waals surface area (Å²) in [5.41, 5.74) is 9.14. The van der Waals surface area contributed by atoms with Gasteiger partial charge in [-0.25, -0.2) is 14.5 Å². The van der Waals surface area contributed by atoms with E-state index in [0.29, 0.717) is 34.3 Å². The monoisotopic (exact) mass is 501 g/mol. The molecular formula is C28H31N5O4. The van der Waals surface area contributed by atoms with Crippen LogP contribution < -0.4 is 10.6 Å². The summed E-state index contributed by atoms with van der Waals surface area (Å²) in [4.78, 5) is 31.7. The van der Waals surface area contributed by atoms with E-state index >= 15 is 0 Å². The molecule has 1 fully saturated rings. The van der Waals surface area contributed by atoms with E-state index in [1.165, 1.54) is 10.9 Å². The van der Waals surface area contributed by atoms with Gasteiger partial charge in [0.15, 0.2) is 11.4 Å². The molecule has 4 aromatic rings. The van der Waals surface area contributed by atoms with E-state index in [9.17, 15) is 14.7 Å². The van der Waals surface area contributed by atoms with Crippen LogP contribution in [0.1, 0.15) is 56.8 Å². The number of carboxylic acids is 1. The zero-order valence-electron chi connectivity index (χ0n) is 21.2. The number of aromatic nitrogens is 3. The summed E-state index contributed by atoms with van der Waals surface area (Å²) in [6, 6.07) is 12.4. The van der Waals surface area contributed by atoms with Gasteiger partial charge in [-0.05, 0) is 81.8 Å². The van der Waals surface area contributed by atoms with Crippen LogP contribution in [0.2, 0.25) is 0 Å². The molecule has 2 aromatic carbocycles. The molecule has 0 aliphatic heterocycles. The average molecular weight is 502 g/mol. The number of para-hydroxylation sites is 1. The van der Waals surface area contributed by atoms with E-state index in [1.54, 1.807) is 23.1 Å². The maximum atomic E-state index is 13.5. The number of nitrogens with zero attached hydrogens (tertiary/aromatic N) is 4. The molecule has 0 radical (unpaired) electrons. The number of hydrogen-bond donors (Lipinski definition) is 2. The molecule has 5 rings (SSSR count). The molecule has 0 atom stereocenters. The van der Waals surface area contributed by atoms with E-state index in [-0.39, 0.29) is 29.2 Å². The Labute approximate surface area is 214 Å². The second-order valence-corrected chi connectivity index (χ2v) is 10.1. The lowest BCUT2D eigenvalue weighted by Gasteiger charge is -2.32. The number of aromatic carboxylic acids is 1. The molecule has 0 saturated heterocycles. The number of amides is 1. The van der Waals surface area contributed by atoms with Crippen molar-refractivity contribution in [2.45, 2.75) is 52.5 Å². The summed E-state index contributed by atoms with van der Waals surface area (Å²) < 4.78 is 7.35. The number of anilines is 2. The van der Waals surface area contributed by atoms with Crippen molar-refractivity contribution in [3.63, 3.8) is 0 Å². The van der Waals surface area contributed by atoms with E-state index in [4.69, 9.17) is 10.2 Å². The van der Waals surface area contributed by atoms with Crippen molar-refractivity contribution in [1.29, 1.82) is 0 Å². The second kappa shape index (κ2) is 9.72. The zero-order valence-corrected chi connectivity index (χ0v) is 21.2. The van der Waals surface area contributed by atoms with Crippen LogP contribution in [0.25, 0.3) is 28.2 Å². The predicted octanol–water partition coefficient (Wildman–Crippen LogP) is 5.53. The fraction of sp³-hybridized carbons (Fsp3) is 0.357. The minimum atomic E-state index is -1.13. The molecule has 3 N–H and O–H groups in total. The molecule has 0 unspecified atom stereocenters. The minimum Gasteiger partial charge on any atom is -0.477 e. The van der Waals surface area contributed by atoms with Gasteiger partial charge in [0.05, 0.1) is 11.4 Å². The molecule has 9 nitrogen and oxygen atoms in total. The lowest BCUT2D eigenvalue weighted by molar-refractivity contribution is -0.124. The van der Waals surface area contributed by atoms with E-state index < -0.39 is 5.97 Å². The van der Waals surface area contributed by atoms with Gasteiger partial charge in [0.25, 0.3) is 0 Å². The van der Waals surface area contributed by atoms with E-state index in [1.807, 2.05) is 38.1 Å². The van der Waals surface area contributed by atoms with Crippen LogP contribution >= 0.6 is 0 Å². The number of oxazole rings is 1. The van der Waals surface area contributed by atoms with Crippen molar-refractivity contribution in [3.8, 4) is 17.1 Å². The van der Waals surface area contributed by atoms with Crippen LogP contribution in [-0.4, -0.2) is 37.8 Å². The summed E-state index contributed by atoms with van der Waals surface area (Å²) >= 11 is 0. The zero-order chi connectivity index (χ0) is 26.3. The summed E-state index contributed by atoms with van der Waals surface area (Å²) in [5, 5.41) is 14.5. The Morgan fingerprint density at radius 1 is 1.11 bits per heavy atom. The van der Waals surface area contributed by atoms with E-state index in [2.05, 4.69) is 17.0 Å². The Morgan fingerprint density at radius 2 is 1.81 bits per heavy atom. The molecule has 1 aliphatic rings. The molecule has 2 heterocycles. The maximum absolute atomic E-state index is 13.5. The highest BCUT2D eigenvalue weighted by Crippen LogP contribution is 2.33. The Bertz CT molecular complexity index is 1450. The van der Waals surface area contributed by atoms with Gasteiger partial charge in [0.1, 0.15) is 11.1 Å². The number of hydrogen-bond acceptors (Lipinski definition) is 6. The fourth-order valence-electron chi connectivity index (χ4n) is 4.98. The number of carbonyl (C=O) groups excluding carboxylic acids is 1. The third-order valence-electron chi connectivity index (χ3n) is 7.10. The number of carboxylic acid groups (broad SMARTS) is 1. The number of nitrogens with two attached hydrogens (primary N) is 1. The number of nitrogen functional groups attached to an aromatic ring is 1. The molecule has 1 amide bonds. The van der Waals surface area contributed by atoms with Gasteiger partial charge in [0, 0.05) is 23.7 Å². The Hall–Kier alpha value is -4.14. The van der Waals surface area contributed by atoms with Crippen molar-refractivity contribution in [2.24, 2.45) is 11.8 Å². The van der Waals surface area contributed by atoms with Gasteiger partial charge < -0.3 is 15.3 Å². The van der Waals surface area contributed by atoms with Crippen LogP contribution in [0.4, 0.5) is 11.5 Å². The number of rotatable bonds is 6. The third-order valence-corrected chi connectivity index (χ3v) is 7.10. The Balaban J connectivity index is 1.46. The van der Waals surface area contributed by atoms with E-state index in [0.717, 1.165) is 31.2 Å². The third kappa shape index (κ3) is 4.69. The standard InChI is InChI=1S/C28H31N5O4/c1-16(2)33(27(34)19-9-7-17(3)8-10-19)25-21(28(35)36)15-32(31-25)20-13-11-18(12-14-20)26-30-24-22(29)5-4-6-23(24)37-26/h4-6,11-17,19H,7-10,29H2,1-3H3,(H,35,36)/t17-,19-. The van der Waals surface area contributed by atoms with Crippen LogP contribution in [-0.2, 0) is 4.79 Å². The molecule has 2 aromatic heterocycles. The lowest BCUT2D eigenvalue weighted by Crippen LogP contribution is -2.43. The molecule has 1 aliphatic carbocycles. The van der Waals surface area contributed by atoms with Crippen molar-refractivity contribution in [3.05, 3.63) is 54.2 Å². The first-order chi connectivity index (χ1) is 17.7. The van der Waals surface area contributed by atoms with Gasteiger partial charge >= 0.3 is 5.97 Å². The summed E-state index contributed by atoms with van der Waals surface area (Å²) in [6.45, 7) is 5.97. The van der Waals surface area contributed by atoms with Gasteiger partial charge in [-0.3, -0.25) is 9.69 Å². The summed E-state index contributed by atoms with van der Waals surface area (Å²) in [5.74, 6) is -0.0804. The van der Waals surface area contributed by atoms with Crippen molar-refractivity contribution < 1.29 is 19.1 Å². The molecular weight excluding hydrogens is 470 g/mol. The maximum Gasteiger partial charge on any atom is 0.341 e. The average Bonchev–Trinajstić information content (AvgIpc) is 3.50. The van der Waals surface area contributed by atoms with Crippen LogP contribution in [0, 0.1) is 11.8 Å². The Morgan fingerprint density at radius 3 is 2.43 bits per heavy atom. The first-order valence-electron chi connectivity index (χ1n) is 12.6. The van der Waals surface area contributed by atoms with Gasteiger partial charge in [-0.15, -0.1) is 5.10 Å². The summed E-state index contributed by atoms with van der Waals surface area (Å²) in [6.07, 6.45) is 5.09. The van der Waals surface area contributed by atoms with Gasteiger partial charge in [0.2, 0.25) is 11.8 Å². The number of fused-ring (bicyclic) bond motifs is 1. The normalized spacial score (nSPS) is 17.8. The second-order valence-electron chi connectivity index (χ2n) is 10.1. The van der Waals surface area contributed by atoms with Crippen LogP contribution in [0.3, 0.4) is 0 Å². The van der Waals surface area contributed by atoms with Crippen LogP contribution in [0.5, 0.6) is 0 Å². The first kappa shape index (κ1) is 24.5. The number of benzene rings is 2. The SMILES string of the molecule is CC(C)N(c1nn(-c2ccc(-c3nc4c(N)cccc4o3)cc2)cc1C(=O)O)C(=O)[C@H]1CC[C@H](C)CC1. The molecule has 37 heavy (non-hydrogen) atoms. The number of carbonyl (C=O) groups is 2. The fourth-order valence-corrected chi connectivity index (χ4v) is 4.98. The largest absolute Gasteiger partial charge is 0.477 e. The van der Waals surface area contributed by atoms with Crippen molar-refractivity contribution in [2.75, 3.05) is 10.6 Å². The first-order valence-corrected chi connectivity index (χ1v) is 12.6. The highest BCUT2D eigenvalue weighted by molar-refractivity contribution is 6.01. The predicted molar refractivity (Wildman–Crippen MR) is 142 cm³/mol. The van der Waals surface area contributed by atoms with Crippen molar-refractivity contribution in [1.82, 2.24) is 14.8 Å². The van der Waals surface area contributed by atoms with Gasteiger partial charge in [-0.2, -0.15) is 0 Å². The highest BCUT2D eigenvalue weighted by Gasteiger charge is 2.34. The molecule has 0 spiro atoms. The quantitative estimate of drug-likeness (QED) is 0.333. The highest BCUT2D eigenvalue weighted by atomic mass is 16.4. The Kier molecular flexibility index (Phi) is 6.45. The molecule has 0 bridgehead atoms. The van der Waals surface area contributed by atoms with Gasteiger partial charge in [-0.1, -0.05) is 13.0 Å².